The summed E-state index contributed by atoms with van der Waals surface area (Å²) in [5.41, 5.74) is 1.96. The van der Waals surface area contributed by atoms with E-state index in [1.54, 1.807) is 0 Å². The van der Waals surface area contributed by atoms with Crippen LogP contribution in [0.5, 0.6) is 0 Å². The number of aromatic nitrogens is 2. The Kier molecular flexibility index (Phi) is 3.10. The Labute approximate surface area is 114 Å². The monoisotopic (exact) mass is 258 g/mol. The molecule has 1 N–H and O–H groups in total. The number of aryl methyl sites for hydroxylation is 2. The minimum absolute atomic E-state index is 0.323. The van der Waals surface area contributed by atoms with Crippen molar-refractivity contribution < 1.29 is 0 Å². The van der Waals surface area contributed by atoms with Gasteiger partial charge in [-0.1, -0.05) is 0 Å². The lowest BCUT2D eigenvalue weighted by Gasteiger charge is -2.37. The van der Waals surface area contributed by atoms with Crippen molar-refractivity contribution in [2.75, 3.05) is 0 Å². The van der Waals surface area contributed by atoms with E-state index < -0.39 is 0 Å². The summed E-state index contributed by atoms with van der Waals surface area (Å²) in [5.74, 6) is 0. The highest BCUT2D eigenvalue weighted by Crippen LogP contribution is 2.37. The lowest BCUT2D eigenvalue weighted by Crippen LogP contribution is -2.49. The molecular weight excluding hydrogens is 236 g/mol. The average molecular weight is 258 g/mol. The zero-order chi connectivity index (χ0) is 13.5. The Morgan fingerprint density at radius 3 is 2.79 bits per heavy atom. The molecule has 2 atom stereocenters. The Hall–Kier alpha value is -1.34. The highest BCUT2D eigenvalue weighted by atomic mass is 15.3. The van der Waals surface area contributed by atoms with Gasteiger partial charge in [0.2, 0.25) is 0 Å². The van der Waals surface area contributed by atoms with E-state index in [0.29, 0.717) is 12.1 Å². The van der Waals surface area contributed by atoms with Crippen LogP contribution in [-0.2, 0) is 0 Å². The fraction of sp³-hybridized carbons (Fsp3) is 0.733. The van der Waals surface area contributed by atoms with Gasteiger partial charge in [0.25, 0.3) is 0 Å². The Bertz CT molecular complexity index is 509. The molecule has 1 heterocycles. The van der Waals surface area contributed by atoms with Crippen molar-refractivity contribution in [3.8, 4) is 6.07 Å². The predicted molar refractivity (Wildman–Crippen MR) is 73.7 cm³/mol. The van der Waals surface area contributed by atoms with Crippen molar-refractivity contribution in [1.82, 2.24) is 15.1 Å². The molecule has 19 heavy (non-hydrogen) atoms. The molecule has 2 unspecified atom stereocenters. The molecule has 4 heteroatoms. The standard InChI is InChI=1S/C15H22N4/c1-11-8-12(2)19(18-11)14-4-3-7-15(9-14,10-16)17-13-5-6-13/h8,13-14,17H,3-7,9H2,1-2H3. The maximum absolute atomic E-state index is 9.62. The summed E-state index contributed by atoms with van der Waals surface area (Å²) in [7, 11) is 0. The van der Waals surface area contributed by atoms with E-state index in [0.717, 1.165) is 31.4 Å². The van der Waals surface area contributed by atoms with Gasteiger partial charge in [-0.3, -0.25) is 10.00 Å². The maximum Gasteiger partial charge on any atom is 0.109 e. The minimum atomic E-state index is -0.323. The first-order valence-corrected chi connectivity index (χ1v) is 7.34. The smallest absolute Gasteiger partial charge is 0.109 e. The largest absolute Gasteiger partial charge is 0.297 e. The lowest BCUT2D eigenvalue weighted by atomic mass is 9.79. The van der Waals surface area contributed by atoms with Crippen LogP contribution in [0.3, 0.4) is 0 Å². The second-order valence-electron chi connectivity index (χ2n) is 6.23. The normalized spacial score (nSPS) is 31.1. The maximum atomic E-state index is 9.62. The molecule has 2 aliphatic rings. The molecule has 102 valence electrons. The highest BCUT2D eigenvalue weighted by molar-refractivity contribution is 5.15. The number of rotatable bonds is 3. The van der Waals surface area contributed by atoms with E-state index in [4.69, 9.17) is 0 Å². The molecule has 2 aliphatic carbocycles. The molecular formula is C15H22N4. The summed E-state index contributed by atoms with van der Waals surface area (Å²) in [6.07, 6.45) is 6.58. The number of hydrogen-bond donors (Lipinski definition) is 1. The van der Waals surface area contributed by atoms with Crippen LogP contribution < -0.4 is 5.32 Å². The van der Waals surface area contributed by atoms with E-state index in [9.17, 15) is 5.26 Å². The van der Waals surface area contributed by atoms with Crippen molar-refractivity contribution in [2.24, 2.45) is 0 Å². The molecule has 0 aromatic carbocycles. The van der Waals surface area contributed by atoms with Crippen LogP contribution in [0.25, 0.3) is 0 Å². The molecule has 0 spiro atoms. The van der Waals surface area contributed by atoms with Crippen molar-refractivity contribution >= 4 is 0 Å². The zero-order valence-corrected chi connectivity index (χ0v) is 11.8. The van der Waals surface area contributed by atoms with Crippen LogP contribution in [0.15, 0.2) is 6.07 Å². The summed E-state index contributed by atoms with van der Waals surface area (Å²) < 4.78 is 2.13. The summed E-state index contributed by atoms with van der Waals surface area (Å²) in [6.45, 7) is 4.14. The molecule has 3 rings (SSSR count). The topological polar surface area (TPSA) is 53.6 Å². The lowest BCUT2D eigenvalue weighted by molar-refractivity contribution is 0.216. The fourth-order valence-corrected chi connectivity index (χ4v) is 3.35. The number of nitriles is 1. The van der Waals surface area contributed by atoms with Gasteiger partial charge < -0.3 is 0 Å². The zero-order valence-electron chi connectivity index (χ0n) is 11.8. The first-order valence-electron chi connectivity index (χ1n) is 7.34. The van der Waals surface area contributed by atoms with Gasteiger partial charge in [-0.15, -0.1) is 0 Å². The van der Waals surface area contributed by atoms with Gasteiger partial charge >= 0.3 is 0 Å². The van der Waals surface area contributed by atoms with Crippen LogP contribution in [-0.4, -0.2) is 21.4 Å². The van der Waals surface area contributed by atoms with Crippen LogP contribution >= 0.6 is 0 Å². The fourth-order valence-electron chi connectivity index (χ4n) is 3.35. The molecule has 1 aromatic rings. The summed E-state index contributed by atoms with van der Waals surface area (Å²) in [5, 5.41) is 17.8. The number of nitrogens with one attached hydrogen (secondary N) is 1. The van der Waals surface area contributed by atoms with E-state index in [1.165, 1.54) is 18.5 Å². The van der Waals surface area contributed by atoms with Gasteiger partial charge in [-0.25, -0.2) is 0 Å². The third kappa shape index (κ3) is 2.52. The quantitative estimate of drug-likeness (QED) is 0.906. The Morgan fingerprint density at radius 2 is 2.21 bits per heavy atom. The first kappa shape index (κ1) is 12.7. The molecule has 2 saturated carbocycles. The summed E-state index contributed by atoms with van der Waals surface area (Å²) in [6, 6.07) is 5.64. The predicted octanol–water partition coefficient (Wildman–Crippen LogP) is 2.63. The van der Waals surface area contributed by atoms with E-state index in [1.807, 2.05) is 6.92 Å². The van der Waals surface area contributed by atoms with Gasteiger partial charge in [0.05, 0.1) is 17.8 Å². The van der Waals surface area contributed by atoms with E-state index in [-0.39, 0.29) is 5.54 Å². The van der Waals surface area contributed by atoms with Gasteiger partial charge in [0.1, 0.15) is 5.54 Å². The number of hydrogen-bond acceptors (Lipinski definition) is 3. The average Bonchev–Trinajstić information content (AvgIpc) is 3.13. The molecule has 0 saturated heterocycles. The molecule has 0 bridgehead atoms. The van der Waals surface area contributed by atoms with Gasteiger partial charge in [-0.05, 0) is 52.0 Å². The van der Waals surface area contributed by atoms with Gasteiger partial charge in [0, 0.05) is 18.2 Å². The molecule has 0 radical (unpaired) electrons. The first-order chi connectivity index (χ1) is 9.12. The molecule has 4 nitrogen and oxygen atoms in total. The second-order valence-corrected chi connectivity index (χ2v) is 6.23. The minimum Gasteiger partial charge on any atom is -0.297 e. The van der Waals surface area contributed by atoms with Gasteiger partial charge in [-0.2, -0.15) is 10.4 Å². The molecule has 0 amide bonds. The number of nitrogens with zero attached hydrogens (tertiary/aromatic N) is 3. The van der Waals surface area contributed by atoms with Crippen LogP contribution in [0.4, 0.5) is 0 Å². The van der Waals surface area contributed by atoms with Gasteiger partial charge in [0.15, 0.2) is 0 Å². The summed E-state index contributed by atoms with van der Waals surface area (Å²) >= 11 is 0. The van der Waals surface area contributed by atoms with Crippen LogP contribution in [0, 0.1) is 25.2 Å². The third-order valence-corrected chi connectivity index (χ3v) is 4.39. The Balaban J connectivity index is 1.80. The van der Waals surface area contributed by atoms with Crippen LogP contribution in [0.2, 0.25) is 0 Å². The SMILES string of the molecule is Cc1cc(C)n(C2CCCC(C#N)(NC3CC3)C2)n1. The molecule has 0 aliphatic heterocycles. The summed E-state index contributed by atoms with van der Waals surface area (Å²) in [4.78, 5) is 0. The molecule has 1 aromatic heterocycles. The van der Waals surface area contributed by atoms with Crippen molar-refractivity contribution in [2.45, 2.75) is 70.0 Å². The second kappa shape index (κ2) is 4.64. The van der Waals surface area contributed by atoms with Crippen molar-refractivity contribution in [3.63, 3.8) is 0 Å². The van der Waals surface area contributed by atoms with Crippen molar-refractivity contribution in [3.05, 3.63) is 17.5 Å². The van der Waals surface area contributed by atoms with Crippen LogP contribution in [0.1, 0.15) is 56.0 Å². The van der Waals surface area contributed by atoms with Crippen molar-refractivity contribution in [1.29, 1.82) is 5.26 Å². The van der Waals surface area contributed by atoms with E-state index >= 15 is 0 Å². The Morgan fingerprint density at radius 1 is 1.42 bits per heavy atom. The highest BCUT2D eigenvalue weighted by Gasteiger charge is 2.41. The third-order valence-electron chi connectivity index (χ3n) is 4.39. The molecule has 2 fully saturated rings. The van der Waals surface area contributed by atoms with E-state index in [2.05, 4.69) is 34.2 Å².